The van der Waals surface area contributed by atoms with Gasteiger partial charge in [-0.3, -0.25) is 0 Å². The SMILES string of the molecule is CC(C)CP12(CC(C)C)[O][Sb]([O]1)[O]2. The average Bonchev–Trinajstić information content (AvgIpc) is 1.77. The van der Waals surface area contributed by atoms with E-state index in [0.717, 1.165) is 12.3 Å². The monoisotopic (exact) mass is 314 g/mol. The van der Waals surface area contributed by atoms with Crippen LogP contribution in [-0.2, 0) is 8.41 Å². The van der Waals surface area contributed by atoms with Gasteiger partial charge in [0.1, 0.15) is 0 Å². The minimum absolute atomic E-state index is 0.611. The van der Waals surface area contributed by atoms with Gasteiger partial charge in [0, 0.05) is 0 Å². The third-order valence-corrected chi connectivity index (χ3v) is 19.3. The van der Waals surface area contributed by atoms with E-state index >= 15 is 0 Å². The Labute approximate surface area is 88.9 Å². The molecule has 0 atom stereocenters. The molecule has 5 heteroatoms. The first-order valence-electron chi connectivity index (χ1n) is 4.85. The second-order valence-electron chi connectivity index (χ2n) is 4.84. The molecule has 3 aliphatic heterocycles. The van der Waals surface area contributed by atoms with Crippen LogP contribution >= 0.6 is 7.28 Å². The topological polar surface area (TPSA) is 27.7 Å². The molecule has 3 aliphatic rings. The van der Waals surface area contributed by atoms with E-state index in [1.165, 1.54) is 0 Å². The second-order valence-corrected chi connectivity index (χ2v) is 14.0. The molecule has 0 N–H and O–H groups in total. The molecule has 3 fully saturated rings. The predicted molar refractivity (Wildman–Crippen MR) is 55.3 cm³/mol. The Morgan fingerprint density at radius 2 is 1.31 bits per heavy atom. The van der Waals surface area contributed by atoms with Crippen LogP contribution in [0, 0.1) is 11.8 Å². The molecule has 0 aliphatic carbocycles. The summed E-state index contributed by atoms with van der Waals surface area (Å²) in [4.78, 5) is 0. The van der Waals surface area contributed by atoms with E-state index in [4.69, 9.17) is 8.41 Å². The Morgan fingerprint density at radius 1 is 0.923 bits per heavy atom. The fourth-order valence-electron chi connectivity index (χ4n) is 2.15. The van der Waals surface area contributed by atoms with Crippen LogP contribution in [0.1, 0.15) is 27.7 Å². The quantitative estimate of drug-likeness (QED) is 0.590. The first-order valence-corrected chi connectivity index (χ1v) is 10.3. The minimum atomic E-state index is -2.41. The van der Waals surface area contributed by atoms with Gasteiger partial charge in [-0.2, -0.15) is 0 Å². The Balaban J connectivity index is 2.04. The van der Waals surface area contributed by atoms with Crippen LogP contribution in [0.4, 0.5) is 0 Å². The standard InChI is InChI=1S/C8H18O3P.Sb/c1-7(2)5-12(9,10,11)6-8(3)4;/h7-8H,5-6H2,1-4H3;/q-3;+3. The molecule has 0 aromatic rings. The Hall–Kier alpha value is 1.13. The zero-order valence-electron chi connectivity index (χ0n) is 8.69. The molecule has 0 aromatic heterocycles. The molecule has 3 nitrogen and oxygen atoms in total. The van der Waals surface area contributed by atoms with E-state index in [2.05, 4.69) is 27.7 Å². The van der Waals surface area contributed by atoms with Crippen molar-refractivity contribution in [1.82, 2.24) is 0 Å². The van der Waals surface area contributed by atoms with Gasteiger partial charge in [-0.25, -0.2) is 0 Å². The second kappa shape index (κ2) is 3.06. The summed E-state index contributed by atoms with van der Waals surface area (Å²) in [5.74, 6) is 1.22. The molecule has 3 heterocycles. The Morgan fingerprint density at radius 3 is 1.46 bits per heavy atom. The van der Waals surface area contributed by atoms with Crippen LogP contribution in [0.2, 0.25) is 0 Å². The maximum atomic E-state index is 5.89. The van der Waals surface area contributed by atoms with E-state index in [-0.39, 0.29) is 0 Å². The van der Waals surface area contributed by atoms with Gasteiger partial charge in [0.15, 0.2) is 0 Å². The molecule has 0 amide bonds. The summed E-state index contributed by atoms with van der Waals surface area (Å²) in [6.45, 7) is 8.82. The summed E-state index contributed by atoms with van der Waals surface area (Å²) in [5, 5.41) is 0. The van der Waals surface area contributed by atoms with E-state index in [1.54, 1.807) is 0 Å². The van der Waals surface area contributed by atoms with Gasteiger partial charge in [0.05, 0.1) is 0 Å². The third-order valence-electron chi connectivity index (χ3n) is 2.18. The molecule has 13 heavy (non-hydrogen) atoms. The van der Waals surface area contributed by atoms with E-state index < -0.39 is 28.8 Å². The van der Waals surface area contributed by atoms with Crippen molar-refractivity contribution >= 4 is 28.8 Å². The van der Waals surface area contributed by atoms with Crippen molar-refractivity contribution < 1.29 is 8.41 Å². The van der Waals surface area contributed by atoms with Crippen LogP contribution in [0.15, 0.2) is 0 Å². The van der Waals surface area contributed by atoms with Crippen LogP contribution in [-0.4, -0.2) is 33.8 Å². The number of hydrogen-bond acceptors (Lipinski definition) is 3. The summed E-state index contributed by atoms with van der Waals surface area (Å²) < 4.78 is 17.7. The molecule has 78 valence electrons. The molecule has 2 bridgehead atoms. The Bertz CT molecular complexity index is 198. The molecule has 0 radical (unpaired) electrons. The zero-order chi connectivity index (χ0) is 9.71. The fraction of sp³-hybridized carbons (Fsp3) is 1.00. The molecule has 0 spiro atoms. The van der Waals surface area contributed by atoms with Crippen LogP contribution in [0.3, 0.4) is 0 Å². The summed E-state index contributed by atoms with van der Waals surface area (Å²) >= 11 is -1.91. The van der Waals surface area contributed by atoms with Crippen molar-refractivity contribution in [3.8, 4) is 0 Å². The van der Waals surface area contributed by atoms with Gasteiger partial charge in [0.2, 0.25) is 0 Å². The summed E-state index contributed by atoms with van der Waals surface area (Å²) in [6, 6.07) is 0. The van der Waals surface area contributed by atoms with Crippen molar-refractivity contribution in [1.29, 1.82) is 0 Å². The van der Waals surface area contributed by atoms with Gasteiger partial charge in [-0.05, 0) is 0 Å². The molecule has 0 aromatic carbocycles. The van der Waals surface area contributed by atoms with Crippen molar-refractivity contribution in [2.45, 2.75) is 27.7 Å². The van der Waals surface area contributed by atoms with Crippen LogP contribution in [0.25, 0.3) is 0 Å². The fourth-order valence-corrected chi connectivity index (χ4v) is 17.8. The third kappa shape index (κ3) is 1.68. The van der Waals surface area contributed by atoms with Gasteiger partial charge >= 0.3 is 89.0 Å². The van der Waals surface area contributed by atoms with E-state index in [0.29, 0.717) is 11.8 Å². The molecular formula is C8H18O3PSb. The molecule has 3 rings (SSSR count). The predicted octanol–water partition coefficient (Wildman–Crippen LogP) is 2.66. The van der Waals surface area contributed by atoms with Gasteiger partial charge < -0.3 is 0 Å². The normalized spacial score (nSPS) is 32.0. The number of hydrogen-bond donors (Lipinski definition) is 0. The average molecular weight is 315 g/mol. The van der Waals surface area contributed by atoms with Crippen molar-refractivity contribution in [2.75, 3.05) is 12.3 Å². The van der Waals surface area contributed by atoms with E-state index in [1.807, 2.05) is 0 Å². The molecular weight excluding hydrogens is 297 g/mol. The zero-order valence-corrected chi connectivity index (χ0v) is 12.1. The first-order chi connectivity index (χ1) is 5.93. The molecule has 0 saturated carbocycles. The van der Waals surface area contributed by atoms with Crippen LogP contribution in [0.5, 0.6) is 0 Å². The molecule has 0 unspecified atom stereocenters. The Kier molecular flexibility index (Phi) is 2.50. The van der Waals surface area contributed by atoms with Crippen molar-refractivity contribution in [2.24, 2.45) is 11.8 Å². The van der Waals surface area contributed by atoms with Gasteiger partial charge in [-0.15, -0.1) is 0 Å². The van der Waals surface area contributed by atoms with E-state index in [9.17, 15) is 0 Å². The van der Waals surface area contributed by atoms with Crippen molar-refractivity contribution in [3.05, 3.63) is 0 Å². The summed E-state index contributed by atoms with van der Waals surface area (Å²) in [7, 11) is -2.41. The summed E-state index contributed by atoms with van der Waals surface area (Å²) in [6.07, 6.45) is 2.01. The summed E-state index contributed by atoms with van der Waals surface area (Å²) in [5.41, 5.74) is 0. The van der Waals surface area contributed by atoms with Gasteiger partial charge in [0.25, 0.3) is 0 Å². The van der Waals surface area contributed by atoms with Crippen LogP contribution < -0.4 is 0 Å². The molecule has 3 saturated heterocycles. The number of rotatable bonds is 4. The van der Waals surface area contributed by atoms with Gasteiger partial charge in [-0.1, -0.05) is 0 Å². The maximum absolute atomic E-state index is 5.89. The van der Waals surface area contributed by atoms with Crippen molar-refractivity contribution in [3.63, 3.8) is 0 Å². The first kappa shape index (κ1) is 10.6.